The molecule has 21 heavy (non-hydrogen) atoms. The molecular formula is C18H28N2O. The second-order valence-corrected chi connectivity index (χ2v) is 6.85. The molecule has 2 aliphatic rings. The van der Waals surface area contributed by atoms with Crippen LogP contribution in [0, 0.1) is 5.41 Å². The molecular weight excluding hydrogens is 260 g/mol. The van der Waals surface area contributed by atoms with Crippen molar-refractivity contribution >= 4 is 5.69 Å². The van der Waals surface area contributed by atoms with Crippen molar-refractivity contribution in [2.24, 2.45) is 5.41 Å². The zero-order valence-corrected chi connectivity index (χ0v) is 13.5. The average Bonchev–Trinajstić information content (AvgIpc) is 2.54. The molecule has 1 aromatic rings. The van der Waals surface area contributed by atoms with Crippen LogP contribution in [0.25, 0.3) is 0 Å². The predicted molar refractivity (Wildman–Crippen MR) is 88.2 cm³/mol. The van der Waals surface area contributed by atoms with Gasteiger partial charge in [-0.1, -0.05) is 19.9 Å². The maximum absolute atomic E-state index is 6.26. The number of hydrogen-bond acceptors (Lipinski definition) is 3. The number of nitrogens with one attached hydrogen (secondary N) is 1. The van der Waals surface area contributed by atoms with E-state index in [9.17, 15) is 0 Å². The van der Waals surface area contributed by atoms with Gasteiger partial charge in [0, 0.05) is 23.2 Å². The number of fused-ring (bicyclic) bond motifs is 1. The standard InChI is InChI=1S/C18H28N2O/c1-3-20-12-9-18(2,10-13-20)14-21-17-8-4-7-16-15(17)6-5-11-19-16/h4,7-8,19H,3,5-6,9-14H2,1-2H3. The highest BCUT2D eigenvalue weighted by atomic mass is 16.5. The third kappa shape index (κ3) is 3.34. The average molecular weight is 288 g/mol. The first kappa shape index (κ1) is 14.7. The van der Waals surface area contributed by atoms with Gasteiger partial charge in [-0.3, -0.25) is 0 Å². The molecule has 0 saturated carbocycles. The monoisotopic (exact) mass is 288 g/mol. The molecule has 0 atom stereocenters. The number of benzene rings is 1. The van der Waals surface area contributed by atoms with E-state index >= 15 is 0 Å². The Kier molecular flexibility index (Phi) is 4.39. The first-order valence-electron chi connectivity index (χ1n) is 8.41. The number of anilines is 1. The van der Waals surface area contributed by atoms with E-state index in [-0.39, 0.29) is 0 Å². The third-order valence-corrected chi connectivity index (χ3v) is 5.14. The van der Waals surface area contributed by atoms with Crippen LogP contribution < -0.4 is 10.1 Å². The lowest BCUT2D eigenvalue weighted by Crippen LogP contribution is -2.41. The lowest BCUT2D eigenvalue weighted by Gasteiger charge is -2.39. The molecule has 0 radical (unpaired) electrons. The van der Waals surface area contributed by atoms with Gasteiger partial charge in [0.1, 0.15) is 5.75 Å². The van der Waals surface area contributed by atoms with E-state index in [2.05, 4.69) is 42.3 Å². The number of likely N-dealkylation sites (tertiary alicyclic amines) is 1. The van der Waals surface area contributed by atoms with E-state index in [4.69, 9.17) is 4.74 Å². The van der Waals surface area contributed by atoms with Crippen LogP contribution >= 0.6 is 0 Å². The summed E-state index contributed by atoms with van der Waals surface area (Å²) in [6.07, 6.45) is 4.83. The topological polar surface area (TPSA) is 24.5 Å². The van der Waals surface area contributed by atoms with E-state index in [0.29, 0.717) is 5.41 Å². The zero-order valence-electron chi connectivity index (χ0n) is 13.5. The second-order valence-electron chi connectivity index (χ2n) is 6.85. The van der Waals surface area contributed by atoms with Crippen molar-refractivity contribution in [3.63, 3.8) is 0 Å². The van der Waals surface area contributed by atoms with Crippen molar-refractivity contribution in [2.75, 3.05) is 38.1 Å². The number of ether oxygens (including phenoxy) is 1. The highest BCUT2D eigenvalue weighted by molar-refractivity contribution is 5.59. The van der Waals surface area contributed by atoms with E-state index < -0.39 is 0 Å². The highest BCUT2D eigenvalue weighted by Crippen LogP contribution is 2.35. The second kappa shape index (κ2) is 6.27. The molecule has 0 unspecified atom stereocenters. The summed E-state index contributed by atoms with van der Waals surface area (Å²) in [7, 11) is 0. The number of piperidine rings is 1. The van der Waals surface area contributed by atoms with Crippen molar-refractivity contribution in [3.05, 3.63) is 23.8 Å². The molecule has 1 saturated heterocycles. The fraction of sp³-hybridized carbons (Fsp3) is 0.667. The van der Waals surface area contributed by atoms with Crippen LogP contribution in [0.1, 0.15) is 38.7 Å². The normalized spacial score (nSPS) is 21.4. The van der Waals surface area contributed by atoms with E-state index in [1.165, 1.54) is 50.1 Å². The Balaban J connectivity index is 1.63. The Morgan fingerprint density at radius 1 is 1.29 bits per heavy atom. The van der Waals surface area contributed by atoms with Crippen LogP contribution in [-0.2, 0) is 6.42 Å². The lowest BCUT2D eigenvalue weighted by atomic mass is 9.81. The van der Waals surface area contributed by atoms with Crippen LogP contribution in [0.3, 0.4) is 0 Å². The fourth-order valence-corrected chi connectivity index (χ4v) is 3.42. The molecule has 3 nitrogen and oxygen atoms in total. The molecule has 116 valence electrons. The Morgan fingerprint density at radius 3 is 2.86 bits per heavy atom. The van der Waals surface area contributed by atoms with Crippen LogP contribution in [0.5, 0.6) is 5.75 Å². The molecule has 3 heteroatoms. The van der Waals surface area contributed by atoms with Crippen molar-refractivity contribution in [1.82, 2.24) is 4.90 Å². The number of rotatable bonds is 4. The van der Waals surface area contributed by atoms with Crippen molar-refractivity contribution < 1.29 is 4.74 Å². The molecule has 3 rings (SSSR count). The van der Waals surface area contributed by atoms with Gasteiger partial charge in [-0.2, -0.15) is 0 Å². The predicted octanol–water partition coefficient (Wildman–Crippen LogP) is 3.55. The van der Waals surface area contributed by atoms with Gasteiger partial charge in [-0.15, -0.1) is 0 Å². The summed E-state index contributed by atoms with van der Waals surface area (Å²) in [4.78, 5) is 2.54. The highest BCUT2D eigenvalue weighted by Gasteiger charge is 2.30. The van der Waals surface area contributed by atoms with Crippen LogP contribution in [0.4, 0.5) is 5.69 Å². The SMILES string of the molecule is CCN1CCC(C)(COc2cccc3c2CCCN3)CC1. The lowest BCUT2D eigenvalue weighted by molar-refractivity contribution is 0.0711. The summed E-state index contributed by atoms with van der Waals surface area (Å²) in [5.74, 6) is 1.10. The van der Waals surface area contributed by atoms with Crippen molar-refractivity contribution in [3.8, 4) is 5.75 Å². The fourth-order valence-electron chi connectivity index (χ4n) is 3.42. The Labute approximate surface area is 128 Å². The van der Waals surface area contributed by atoms with Crippen LogP contribution in [0.15, 0.2) is 18.2 Å². The van der Waals surface area contributed by atoms with Crippen LogP contribution in [-0.4, -0.2) is 37.7 Å². The molecule has 2 heterocycles. The van der Waals surface area contributed by atoms with Gasteiger partial charge in [0.15, 0.2) is 0 Å². The van der Waals surface area contributed by atoms with Gasteiger partial charge < -0.3 is 15.0 Å². The molecule has 0 spiro atoms. The maximum Gasteiger partial charge on any atom is 0.124 e. The molecule has 0 amide bonds. The first-order chi connectivity index (χ1) is 10.2. The minimum atomic E-state index is 0.330. The summed E-state index contributed by atoms with van der Waals surface area (Å²) in [6, 6.07) is 6.41. The van der Waals surface area contributed by atoms with Crippen molar-refractivity contribution in [1.29, 1.82) is 0 Å². The molecule has 0 bridgehead atoms. The van der Waals surface area contributed by atoms with Gasteiger partial charge in [0.2, 0.25) is 0 Å². The van der Waals surface area contributed by atoms with E-state index in [0.717, 1.165) is 25.3 Å². The van der Waals surface area contributed by atoms with Gasteiger partial charge in [0.05, 0.1) is 6.61 Å². The van der Waals surface area contributed by atoms with Crippen LogP contribution in [0.2, 0.25) is 0 Å². The molecule has 1 N–H and O–H groups in total. The number of hydrogen-bond donors (Lipinski definition) is 1. The van der Waals surface area contributed by atoms with E-state index in [1.54, 1.807) is 0 Å². The summed E-state index contributed by atoms with van der Waals surface area (Å²) in [5.41, 5.74) is 2.97. The minimum Gasteiger partial charge on any atom is -0.493 e. The first-order valence-corrected chi connectivity index (χ1v) is 8.41. The molecule has 2 aliphatic heterocycles. The van der Waals surface area contributed by atoms with Crippen molar-refractivity contribution in [2.45, 2.75) is 39.5 Å². The summed E-state index contributed by atoms with van der Waals surface area (Å²) in [6.45, 7) is 10.2. The Hall–Kier alpha value is -1.22. The largest absolute Gasteiger partial charge is 0.493 e. The summed E-state index contributed by atoms with van der Waals surface area (Å²) >= 11 is 0. The summed E-state index contributed by atoms with van der Waals surface area (Å²) < 4.78 is 6.26. The smallest absolute Gasteiger partial charge is 0.124 e. The van der Waals surface area contributed by atoms with Gasteiger partial charge in [-0.05, 0) is 57.5 Å². The quantitative estimate of drug-likeness (QED) is 0.917. The Morgan fingerprint density at radius 2 is 2.10 bits per heavy atom. The van der Waals surface area contributed by atoms with Gasteiger partial charge >= 0.3 is 0 Å². The summed E-state index contributed by atoms with van der Waals surface area (Å²) in [5, 5.41) is 3.48. The van der Waals surface area contributed by atoms with E-state index in [1.807, 2.05) is 0 Å². The third-order valence-electron chi connectivity index (χ3n) is 5.14. The molecule has 1 aromatic carbocycles. The van der Waals surface area contributed by atoms with Gasteiger partial charge in [0.25, 0.3) is 0 Å². The molecule has 0 aromatic heterocycles. The van der Waals surface area contributed by atoms with Gasteiger partial charge in [-0.25, -0.2) is 0 Å². The zero-order chi connectivity index (χ0) is 14.7. The number of nitrogens with zero attached hydrogens (tertiary/aromatic N) is 1. The molecule has 0 aliphatic carbocycles. The Bertz CT molecular complexity index is 478. The maximum atomic E-state index is 6.26. The minimum absolute atomic E-state index is 0.330. The molecule has 1 fully saturated rings.